The molecule has 0 saturated carbocycles. The van der Waals surface area contributed by atoms with E-state index in [1.54, 1.807) is 0 Å². The van der Waals surface area contributed by atoms with Crippen LogP contribution in [0.4, 0.5) is 0 Å². The second-order valence-electron chi connectivity index (χ2n) is 6.59. The van der Waals surface area contributed by atoms with E-state index < -0.39 is 0 Å². The topological polar surface area (TPSA) is 22.1 Å². The van der Waals surface area contributed by atoms with Crippen LogP contribution in [0, 0.1) is 0 Å². The van der Waals surface area contributed by atoms with Crippen LogP contribution < -0.4 is 0 Å². The zero-order chi connectivity index (χ0) is 17.7. The molecule has 1 aromatic rings. The van der Waals surface area contributed by atoms with Gasteiger partial charge >= 0.3 is 0 Å². The molecule has 1 aromatic heterocycles. The van der Waals surface area contributed by atoms with Crippen LogP contribution in [0.5, 0.6) is 0 Å². The molecule has 0 radical (unpaired) electrons. The number of ether oxygens (including phenoxy) is 1. The number of hydrogen-bond acceptors (Lipinski definition) is 2. The van der Waals surface area contributed by atoms with E-state index in [4.69, 9.17) is 4.74 Å². The predicted molar refractivity (Wildman–Crippen MR) is 117 cm³/mol. The molecule has 0 spiro atoms. The summed E-state index contributed by atoms with van der Waals surface area (Å²) in [5.41, 5.74) is 1.21. The molecule has 3 heteroatoms. The summed E-state index contributed by atoms with van der Waals surface area (Å²) in [7, 11) is 0. The minimum absolute atomic E-state index is 0. The lowest BCUT2D eigenvalue weighted by Crippen LogP contribution is -1.95. The molecule has 1 heterocycles. The van der Waals surface area contributed by atoms with Crippen LogP contribution in [0.25, 0.3) is 0 Å². The van der Waals surface area contributed by atoms with Gasteiger partial charge in [-0.25, -0.2) is 0 Å². The summed E-state index contributed by atoms with van der Waals surface area (Å²) in [6.07, 6.45) is 20.0. The maximum atomic E-state index is 5.66. The summed E-state index contributed by atoms with van der Waals surface area (Å²) in [6, 6.07) is 4.02. The third-order valence-corrected chi connectivity index (χ3v) is 4.16. The Bertz CT molecular complexity index is 330. The monoisotopic (exact) mass is 415 g/mol. The standard InChI is InChI=1S/C18H31NO.C4H10.BrH/c1-2-3-4-5-6-7-8-9-10-11-16-20-17-18-12-14-19-15-13-18;1-3-4-2;/h12-15H,2-11,16-17H2,1H3;3-4H2,1-2H3;1H. The highest BCUT2D eigenvalue weighted by atomic mass is 79.9. The van der Waals surface area contributed by atoms with Crippen molar-refractivity contribution >= 4 is 17.0 Å². The van der Waals surface area contributed by atoms with Gasteiger partial charge in [-0.05, 0) is 24.1 Å². The zero-order valence-corrected chi connectivity index (χ0v) is 18.7. The molecular formula is C22H42BrNO. The SMILES string of the molecule is Br.CCCC.CCCCCCCCCCCCOCc1ccncc1. The van der Waals surface area contributed by atoms with Crippen LogP contribution in [0.2, 0.25) is 0 Å². The van der Waals surface area contributed by atoms with Gasteiger partial charge in [0.1, 0.15) is 0 Å². The molecule has 0 N–H and O–H groups in total. The minimum atomic E-state index is 0. The number of nitrogens with zero attached hydrogens (tertiary/aromatic N) is 1. The van der Waals surface area contributed by atoms with Crippen molar-refractivity contribution in [3.63, 3.8) is 0 Å². The Morgan fingerprint density at radius 1 is 0.680 bits per heavy atom. The largest absolute Gasteiger partial charge is 0.377 e. The molecule has 0 saturated heterocycles. The van der Waals surface area contributed by atoms with Crippen LogP contribution in [-0.4, -0.2) is 11.6 Å². The molecule has 0 amide bonds. The van der Waals surface area contributed by atoms with E-state index in [1.165, 1.54) is 82.6 Å². The van der Waals surface area contributed by atoms with Gasteiger partial charge in [-0.1, -0.05) is 91.4 Å². The molecule has 0 fully saturated rings. The van der Waals surface area contributed by atoms with E-state index >= 15 is 0 Å². The molecule has 1 rings (SSSR count). The second kappa shape index (κ2) is 23.6. The Balaban J connectivity index is 0. The molecule has 148 valence electrons. The number of aromatic nitrogens is 1. The van der Waals surface area contributed by atoms with Crippen molar-refractivity contribution in [2.75, 3.05) is 6.61 Å². The van der Waals surface area contributed by atoms with Gasteiger partial charge in [-0.3, -0.25) is 4.98 Å². The Kier molecular flexibility index (Phi) is 25.3. The highest BCUT2D eigenvalue weighted by molar-refractivity contribution is 8.93. The Labute approximate surface area is 167 Å². The van der Waals surface area contributed by atoms with Gasteiger partial charge in [-0.2, -0.15) is 0 Å². The van der Waals surface area contributed by atoms with Gasteiger partial charge in [0.05, 0.1) is 6.61 Å². The molecule has 0 atom stereocenters. The molecule has 0 aromatic carbocycles. The van der Waals surface area contributed by atoms with E-state index in [1.807, 2.05) is 24.5 Å². The van der Waals surface area contributed by atoms with Gasteiger partial charge in [0.25, 0.3) is 0 Å². The van der Waals surface area contributed by atoms with Gasteiger partial charge in [0.15, 0.2) is 0 Å². The summed E-state index contributed by atoms with van der Waals surface area (Å²) in [6.45, 7) is 8.25. The van der Waals surface area contributed by atoms with Gasteiger partial charge in [0, 0.05) is 19.0 Å². The van der Waals surface area contributed by atoms with Crippen LogP contribution in [-0.2, 0) is 11.3 Å². The van der Waals surface area contributed by atoms with Crippen molar-refractivity contribution in [1.29, 1.82) is 0 Å². The van der Waals surface area contributed by atoms with E-state index in [0.717, 1.165) is 13.2 Å². The summed E-state index contributed by atoms with van der Waals surface area (Å²) in [4.78, 5) is 4.00. The summed E-state index contributed by atoms with van der Waals surface area (Å²) < 4.78 is 5.66. The first-order chi connectivity index (χ1) is 11.8. The van der Waals surface area contributed by atoms with Crippen molar-refractivity contribution in [3.05, 3.63) is 30.1 Å². The number of rotatable bonds is 14. The maximum Gasteiger partial charge on any atom is 0.0717 e. The molecule has 0 unspecified atom stereocenters. The van der Waals surface area contributed by atoms with Crippen LogP contribution >= 0.6 is 17.0 Å². The summed E-state index contributed by atoms with van der Waals surface area (Å²) in [5, 5.41) is 0. The fourth-order valence-corrected chi connectivity index (χ4v) is 2.36. The summed E-state index contributed by atoms with van der Waals surface area (Å²) in [5.74, 6) is 0. The lowest BCUT2D eigenvalue weighted by atomic mass is 10.1. The molecule has 2 nitrogen and oxygen atoms in total. The third-order valence-electron chi connectivity index (χ3n) is 4.16. The number of unbranched alkanes of at least 4 members (excludes halogenated alkanes) is 10. The summed E-state index contributed by atoms with van der Waals surface area (Å²) >= 11 is 0. The zero-order valence-electron chi connectivity index (χ0n) is 17.0. The molecule has 0 aliphatic carbocycles. The predicted octanol–water partition coefficient (Wildman–Crippen LogP) is 7.90. The number of halogens is 1. The molecule has 0 bridgehead atoms. The average molecular weight is 416 g/mol. The van der Waals surface area contributed by atoms with Crippen molar-refractivity contribution in [2.24, 2.45) is 0 Å². The van der Waals surface area contributed by atoms with Crippen molar-refractivity contribution < 1.29 is 4.74 Å². The quantitative estimate of drug-likeness (QED) is 0.288. The normalized spacial score (nSPS) is 9.88. The van der Waals surface area contributed by atoms with Gasteiger partial charge in [0.2, 0.25) is 0 Å². The van der Waals surface area contributed by atoms with Gasteiger partial charge in [-0.15, -0.1) is 17.0 Å². The van der Waals surface area contributed by atoms with Crippen molar-refractivity contribution in [2.45, 2.75) is 104 Å². The first-order valence-electron chi connectivity index (χ1n) is 10.3. The van der Waals surface area contributed by atoms with Crippen molar-refractivity contribution in [1.82, 2.24) is 4.98 Å². The maximum absolute atomic E-state index is 5.66. The Morgan fingerprint density at radius 2 is 1.16 bits per heavy atom. The minimum Gasteiger partial charge on any atom is -0.377 e. The smallest absolute Gasteiger partial charge is 0.0717 e. The van der Waals surface area contributed by atoms with E-state index in [0.29, 0.717) is 0 Å². The third kappa shape index (κ3) is 21.5. The van der Waals surface area contributed by atoms with E-state index in [-0.39, 0.29) is 17.0 Å². The fourth-order valence-electron chi connectivity index (χ4n) is 2.36. The highest BCUT2D eigenvalue weighted by Gasteiger charge is 1.94. The van der Waals surface area contributed by atoms with Crippen LogP contribution in [0.15, 0.2) is 24.5 Å². The molecule has 25 heavy (non-hydrogen) atoms. The lowest BCUT2D eigenvalue weighted by Gasteiger charge is -2.04. The van der Waals surface area contributed by atoms with Crippen molar-refractivity contribution in [3.8, 4) is 0 Å². The molecule has 0 aliphatic heterocycles. The van der Waals surface area contributed by atoms with Gasteiger partial charge < -0.3 is 4.74 Å². The first kappa shape index (κ1) is 26.8. The number of hydrogen-bond donors (Lipinski definition) is 0. The Morgan fingerprint density at radius 3 is 1.64 bits per heavy atom. The molecular weight excluding hydrogens is 374 g/mol. The molecule has 0 aliphatic rings. The highest BCUT2D eigenvalue weighted by Crippen LogP contribution is 2.10. The lowest BCUT2D eigenvalue weighted by molar-refractivity contribution is 0.116. The Hall–Kier alpha value is -0.410. The average Bonchev–Trinajstić information content (AvgIpc) is 2.63. The van der Waals surface area contributed by atoms with E-state index in [2.05, 4.69) is 25.8 Å². The van der Waals surface area contributed by atoms with Crippen LogP contribution in [0.3, 0.4) is 0 Å². The van der Waals surface area contributed by atoms with E-state index in [9.17, 15) is 0 Å². The number of pyridine rings is 1. The first-order valence-corrected chi connectivity index (χ1v) is 10.3. The van der Waals surface area contributed by atoms with Crippen LogP contribution in [0.1, 0.15) is 103 Å². The second-order valence-corrected chi connectivity index (χ2v) is 6.59. The fraction of sp³-hybridized carbons (Fsp3) is 0.773.